The lowest BCUT2D eigenvalue weighted by atomic mass is 9.78. The average molecular weight is 526 g/mol. The maximum atomic E-state index is 15.3. The molecule has 0 unspecified atom stereocenters. The Morgan fingerprint density at radius 1 is 0.703 bits per heavy atom. The van der Waals surface area contributed by atoms with E-state index in [1.807, 2.05) is 0 Å². The number of allylic oxidation sites excluding steroid dienone is 1. The third-order valence-electron chi connectivity index (χ3n) is 6.40. The van der Waals surface area contributed by atoms with Crippen molar-refractivity contribution in [1.29, 1.82) is 0 Å². The third kappa shape index (κ3) is 4.28. The van der Waals surface area contributed by atoms with Crippen LogP contribution < -0.4 is 4.74 Å². The minimum atomic E-state index is -5.09. The minimum absolute atomic E-state index is 0.0552. The molecule has 0 amide bonds. The second-order valence-corrected chi connectivity index (χ2v) is 8.79. The van der Waals surface area contributed by atoms with E-state index in [0.29, 0.717) is 12.8 Å². The van der Waals surface area contributed by atoms with Crippen molar-refractivity contribution in [3.8, 4) is 16.9 Å². The molecule has 3 aromatic rings. The molecule has 0 bridgehead atoms. The molecular formula is C28H22F8O. The summed E-state index contributed by atoms with van der Waals surface area (Å²) in [5, 5.41) is 0. The van der Waals surface area contributed by atoms with Crippen LogP contribution in [0.15, 0.2) is 49.1 Å². The van der Waals surface area contributed by atoms with Gasteiger partial charge in [0.25, 0.3) is 0 Å². The monoisotopic (exact) mass is 526 g/mol. The van der Waals surface area contributed by atoms with E-state index in [9.17, 15) is 13.2 Å². The standard InChI is InChI=1S/C28H22F8O/c1-3-5-7-16-10-13-20(26(32)25(16)31)37-14-17-9-12-19-18-11-8-15(6-4-2)23(29)21(18)27(33,34)28(35,36)22(19)24(17)30/h3,8-13H,1,4-7,14H2,2H3. The molecule has 1 aliphatic carbocycles. The van der Waals surface area contributed by atoms with E-state index in [2.05, 4.69) is 6.58 Å². The summed E-state index contributed by atoms with van der Waals surface area (Å²) >= 11 is 0. The molecule has 0 saturated carbocycles. The molecule has 0 atom stereocenters. The van der Waals surface area contributed by atoms with Gasteiger partial charge in [0.15, 0.2) is 11.6 Å². The van der Waals surface area contributed by atoms with Crippen LogP contribution >= 0.6 is 0 Å². The Bertz CT molecular complexity index is 1360. The lowest BCUT2D eigenvalue weighted by Gasteiger charge is -2.36. The first-order chi connectivity index (χ1) is 17.5. The normalized spacial score (nSPS) is 15.2. The van der Waals surface area contributed by atoms with Crippen LogP contribution in [0.1, 0.15) is 47.6 Å². The Kier molecular flexibility index (Phi) is 7.10. The molecule has 0 aromatic heterocycles. The molecule has 3 aromatic carbocycles. The third-order valence-corrected chi connectivity index (χ3v) is 6.40. The smallest absolute Gasteiger partial charge is 0.343 e. The average Bonchev–Trinajstić information content (AvgIpc) is 2.85. The van der Waals surface area contributed by atoms with Gasteiger partial charge in [0.2, 0.25) is 5.82 Å². The fraction of sp³-hybridized carbons (Fsp3) is 0.286. The zero-order valence-corrected chi connectivity index (χ0v) is 19.7. The van der Waals surface area contributed by atoms with Crippen molar-refractivity contribution < 1.29 is 39.9 Å². The number of halogens is 8. The highest BCUT2D eigenvalue weighted by Gasteiger charge is 2.65. The highest BCUT2D eigenvalue weighted by Crippen LogP contribution is 2.59. The molecule has 4 rings (SSSR count). The second kappa shape index (κ2) is 9.84. The molecule has 37 heavy (non-hydrogen) atoms. The van der Waals surface area contributed by atoms with E-state index < -0.39 is 75.3 Å². The summed E-state index contributed by atoms with van der Waals surface area (Å²) in [6.07, 6.45) is 2.55. The quantitative estimate of drug-likeness (QED) is 0.211. The molecule has 0 heterocycles. The molecule has 0 radical (unpaired) electrons. The first-order valence-electron chi connectivity index (χ1n) is 11.6. The molecule has 196 valence electrons. The summed E-state index contributed by atoms with van der Waals surface area (Å²) in [5.41, 5.74) is -4.89. The molecule has 0 fully saturated rings. The van der Waals surface area contributed by atoms with Crippen molar-refractivity contribution >= 4 is 0 Å². The lowest BCUT2D eigenvalue weighted by Crippen LogP contribution is -2.41. The molecule has 1 nitrogen and oxygen atoms in total. The van der Waals surface area contributed by atoms with Crippen molar-refractivity contribution in [3.05, 3.63) is 100 Å². The molecule has 0 saturated heterocycles. The number of fused-ring (bicyclic) bond motifs is 3. The van der Waals surface area contributed by atoms with E-state index in [1.54, 1.807) is 6.92 Å². The molecule has 1 aliphatic rings. The van der Waals surface area contributed by atoms with Gasteiger partial charge in [0.05, 0.1) is 11.1 Å². The van der Waals surface area contributed by atoms with E-state index in [4.69, 9.17) is 4.74 Å². The van der Waals surface area contributed by atoms with Gasteiger partial charge in [-0.3, -0.25) is 0 Å². The van der Waals surface area contributed by atoms with Gasteiger partial charge >= 0.3 is 11.8 Å². The molecule has 0 N–H and O–H groups in total. The van der Waals surface area contributed by atoms with Gasteiger partial charge < -0.3 is 4.74 Å². The number of hydrogen-bond acceptors (Lipinski definition) is 1. The summed E-state index contributed by atoms with van der Waals surface area (Å²) in [7, 11) is 0. The second-order valence-electron chi connectivity index (χ2n) is 8.79. The molecule has 0 aliphatic heterocycles. The SMILES string of the molecule is C=CCCc1ccc(OCc2ccc3c(c2F)C(F)(F)C(F)(F)c2c-3ccc(CCC)c2F)c(F)c1F. The van der Waals surface area contributed by atoms with Crippen LogP contribution in [0.4, 0.5) is 35.1 Å². The molecule has 9 heteroatoms. The van der Waals surface area contributed by atoms with Gasteiger partial charge in [0, 0.05) is 5.56 Å². The summed E-state index contributed by atoms with van der Waals surface area (Å²) < 4.78 is 124. The van der Waals surface area contributed by atoms with Crippen molar-refractivity contribution in [3.63, 3.8) is 0 Å². The van der Waals surface area contributed by atoms with Gasteiger partial charge in [-0.2, -0.15) is 22.0 Å². The van der Waals surface area contributed by atoms with E-state index in [0.717, 1.165) is 24.3 Å². The fourth-order valence-corrected chi connectivity index (χ4v) is 4.48. The maximum absolute atomic E-state index is 15.3. The Morgan fingerprint density at radius 3 is 1.78 bits per heavy atom. The molecule has 0 spiro atoms. The largest absolute Gasteiger partial charge is 0.486 e. The zero-order valence-electron chi connectivity index (χ0n) is 19.7. The predicted octanol–water partition coefficient (Wildman–Crippen LogP) is 8.76. The fourth-order valence-electron chi connectivity index (χ4n) is 4.48. The Hall–Kier alpha value is -3.36. The highest BCUT2D eigenvalue weighted by molar-refractivity contribution is 5.77. The van der Waals surface area contributed by atoms with Crippen molar-refractivity contribution in [2.75, 3.05) is 0 Å². The van der Waals surface area contributed by atoms with E-state index in [-0.39, 0.29) is 24.0 Å². The van der Waals surface area contributed by atoms with E-state index >= 15 is 22.0 Å². The predicted molar refractivity (Wildman–Crippen MR) is 123 cm³/mol. The first-order valence-corrected chi connectivity index (χ1v) is 11.6. The highest BCUT2D eigenvalue weighted by atomic mass is 19.3. The summed E-state index contributed by atoms with van der Waals surface area (Å²) in [4.78, 5) is 0. The van der Waals surface area contributed by atoms with Gasteiger partial charge in [-0.05, 0) is 47.6 Å². The van der Waals surface area contributed by atoms with Gasteiger partial charge in [-0.15, -0.1) is 6.58 Å². The van der Waals surface area contributed by atoms with Crippen LogP contribution in [-0.2, 0) is 31.3 Å². The Morgan fingerprint density at radius 2 is 1.22 bits per heavy atom. The number of alkyl halides is 4. The van der Waals surface area contributed by atoms with Crippen LogP contribution in [0.3, 0.4) is 0 Å². The zero-order chi connectivity index (χ0) is 27.1. The number of rotatable bonds is 8. The van der Waals surface area contributed by atoms with E-state index in [1.165, 1.54) is 18.2 Å². The topological polar surface area (TPSA) is 9.23 Å². The van der Waals surface area contributed by atoms with Crippen LogP contribution in [0.25, 0.3) is 11.1 Å². The maximum Gasteiger partial charge on any atom is 0.343 e. The summed E-state index contributed by atoms with van der Waals surface area (Å²) in [6, 6.07) is 6.62. The lowest BCUT2D eigenvalue weighted by molar-refractivity contribution is -0.227. The van der Waals surface area contributed by atoms with Crippen molar-refractivity contribution in [2.45, 2.75) is 51.1 Å². The first kappa shape index (κ1) is 26.7. The van der Waals surface area contributed by atoms with Gasteiger partial charge in [0.1, 0.15) is 18.2 Å². The van der Waals surface area contributed by atoms with Crippen LogP contribution in [-0.4, -0.2) is 0 Å². The van der Waals surface area contributed by atoms with Crippen LogP contribution in [0.2, 0.25) is 0 Å². The Balaban J connectivity index is 1.74. The van der Waals surface area contributed by atoms with Crippen molar-refractivity contribution in [1.82, 2.24) is 0 Å². The van der Waals surface area contributed by atoms with Crippen LogP contribution in [0, 0.1) is 23.3 Å². The molecular weight excluding hydrogens is 504 g/mol. The summed E-state index contributed by atoms with van der Waals surface area (Å²) in [6.45, 7) is 4.33. The number of ether oxygens (including phenoxy) is 1. The van der Waals surface area contributed by atoms with Gasteiger partial charge in [-0.1, -0.05) is 49.8 Å². The van der Waals surface area contributed by atoms with Crippen molar-refractivity contribution in [2.24, 2.45) is 0 Å². The minimum Gasteiger partial charge on any atom is -0.486 e. The van der Waals surface area contributed by atoms with Gasteiger partial charge in [-0.25, -0.2) is 13.2 Å². The number of benzene rings is 3. The number of hydrogen-bond donors (Lipinski definition) is 0. The van der Waals surface area contributed by atoms with Crippen LogP contribution in [0.5, 0.6) is 5.75 Å². The summed E-state index contributed by atoms with van der Waals surface area (Å²) in [5.74, 6) is -16.4. The Labute approximate surface area is 208 Å². The number of aryl methyl sites for hydroxylation is 2.